The second-order valence-corrected chi connectivity index (χ2v) is 6.33. The van der Waals surface area contributed by atoms with Gasteiger partial charge in [-0.1, -0.05) is 43.4 Å². The standard InChI is InChI=1S/C14H20BrClN2/c15-12-9-11(7-8-13(12)16)14(18-17)10-5-3-1-2-4-6-10/h7-10,14,18H,1-6,17H2. The second kappa shape index (κ2) is 6.90. The molecule has 1 unspecified atom stereocenters. The molecule has 1 saturated carbocycles. The molecule has 1 aliphatic rings. The molecule has 1 fully saturated rings. The summed E-state index contributed by atoms with van der Waals surface area (Å²) in [6, 6.07) is 6.32. The van der Waals surface area contributed by atoms with Crippen LogP contribution < -0.4 is 11.3 Å². The summed E-state index contributed by atoms with van der Waals surface area (Å²) >= 11 is 9.52. The maximum Gasteiger partial charge on any atom is 0.0548 e. The summed E-state index contributed by atoms with van der Waals surface area (Å²) in [5.41, 5.74) is 4.22. The lowest BCUT2D eigenvalue weighted by Crippen LogP contribution is -2.33. The first-order valence-electron chi connectivity index (χ1n) is 6.63. The van der Waals surface area contributed by atoms with Crippen LogP contribution in [0.25, 0.3) is 0 Å². The minimum absolute atomic E-state index is 0.233. The van der Waals surface area contributed by atoms with E-state index >= 15 is 0 Å². The van der Waals surface area contributed by atoms with E-state index in [-0.39, 0.29) is 6.04 Å². The van der Waals surface area contributed by atoms with Crippen molar-refractivity contribution in [1.82, 2.24) is 5.43 Å². The Morgan fingerprint density at radius 2 is 1.89 bits per heavy atom. The lowest BCUT2D eigenvalue weighted by atomic mass is 9.87. The summed E-state index contributed by atoms with van der Waals surface area (Å²) in [7, 11) is 0. The van der Waals surface area contributed by atoms with E-state index in [1.807, 2.05) is 6.07 Å². The fraction of sp³-hybridized carbons (Fsp3) is 0.571. The van der Waals surface area contributed by atoms with Crippen molar-refractivity contribution in [3.05, 3.63) is 33.3 Å². The van der Waals surface area contributed by atoms with Gasteiger partial charge in [-0.3, -0.25) is 11.3 Å². The zero-order chi connectivity index (χ0) is 13.0. The first kappa shape index (κ1) is 14.3. The van der Waals surface area contributed by atoms with E-state index in [1.165, 1.54) is 44.1 Å². The fourth-order valence-electron chi connectivity index (χ4n) is 2.85. The third kappa shape index (κ3) is 3.47. The smallest absolute Gasteiger partial charge is 0.0548 e. The maximum atomic E-state index is 6.04. The van der Waals surface area contributed by atoms with Gasteiger partial charge in [0.15, 0.2) is 0 Å². The SMILES string of the molecule is NNC(c1ccc(Cl)c(Br)c1)C1CCCCCC1. The van der Waals surface area contributed by atoms with Gasteiger partial charge in [0.2, 0.25) is 0 Å². The van der Waals surface area contributed by atoms with Gasteiger partial charge in [0.1, 0.15) is 0 Å². The molecular formula is C14H20BrClN2. The maximum absolute atomic E-state index is 6.04. The Morgan fingerprint density at radius 3 is 2.44 bits per heavy atom. The third-order valence-electron chi connectivity index (χ3n) is 3.85. The molecule has 100 valence electrons. The molecule has 2 nitrogen and oxygen atoms in total. The predicted molar refractivity (Wildman–Crippen MR) is 80.4 cm³/mol. The monoisotopic (exact) mass is 330 g/mol. The highest BCUT2D eigenvalue weighted by Crippen LogP contribution is 2.35. The minimum Gasteiger partial charge on any atom is -0.271 e. The molecule has 1 aliphatic carbocycles. The quantitative estimate of drug-likeness (QED) is 0.483. The summed E-state index contributed by atoms with van der Waals surface area (Å²) in [6.45, 7) is 0. The van der Waals surface area contributed by atoms with Crippen LogP contribution in [-0.2, 0) is 0 Å². The van der Waals surface area contributed by atoms with E-state index in [4.69, 9.17) is 17.4 Å². The van der Waals surface area contributed by atoms with E-state index < -0.39 is 0 Å². The molecule has 0 saturated heterocycles. The lowest BCUT2D eigenvalue weighted by Gasteiger charge is -2.26. The number of nitrogens with one attached hydrogen (secondary N) is 1. The van der Waals surface area contributed by atoms with Crippen molar-refractivity contribution >= 4 is 27.5 Å². The molecule has 0 radical (unpaired) electrons. The van der Waals surface area contributed by atoms with Crippen molar-refractivity contribution in [3.8, 4) is 0 Å². The van der Waals surface area contributed by atoms with Gasteiger partial charge in [0.05, 0.1) is 5.02 Å². The molecule has 0 bridgehead atoms. The number of benzene rings is 1. The Bertz CT molecular complexity index is 389. The van der Waals surface area contributed by atoms with E-state index in [9.17, 15) is 0 Å². The van der Waals surface area contributed by atoms with Gasteiger partial charge in [0.25, 0.3) is 0 Å². The normalized spacial score (nSPS) is 19.5. The van der Waals surface area contributed by atoms with Gasteiger partial charge in [-0.25, -0.2) is 0 Å². The zero-order valence-electron chi connectivity index (χ0n) is 10.5. The number of hydrogen-bond donors (Lipinski definition) is 2. The fourth-order valence-corrected chi connectivity index (χ4v) is 3.37. The molecule has 4 heteroatoms. The summed E-state index contributed by atoms with van der Waals surface area (Å²) in [6.07, 6.45) is 7.87. The Kier molecular flexibility index (Phi) is 5.49. The average molecular weight is 332 g/mol. The number of hydrazine groups is 1. The molecule has 1 aromatic carbocycles. The second-order valence-electron chi connectivity index (χ2n) is 5.07. The lowest BCUT2D eigenvalue weighted by molar-refractivity contribution is 0.329. The van der Waals surface area contributed by atoms with Gasteiger partial charge in [-0.2, -0.15) is 0 Å². The Hall–Kier alpha value is -0.0900. The van der Waals surface area contributed by atoms with E-state index in [1.54, 1.807) is 0 Å². The Balaban J connectivity index is 2.17. The summed E-state index contributed by atoms with van der Waals surface area (Å²) < 4.78 is 0.940. The van der Waals surface area contributed by atoms with E-state index in [0.717, 1.165) is 9.50 Å². The zero-order valence-corrected chi connectivity index (χ0v) is 12.8. The van der Waals surface area contributed by atoms with Crippen LogP contribution >= 0.6 is 27.5 Å². The van der Waals surface area contributed by atoms with Crippen molar-refractivity contribution in [3.63, 3.8) is 0 Å². The molecular weight excluding hydrogens is 312 g/mol. The number of nitrogens with two attached hydrogens (primary N) is 1. The van der Waals surface area contributed by atoms with Crippen LogP contribution in [0, 0.1) is 5.92 Å². The Labute approximate surface area is 122 Å². The average Bonchev–Trinajstić information content (AvgIpc) is 2.64. The molecule has 3 N–H and O–H groups in total. The predicted octanol–water partition coefficient (Wildman–Crippen LogP) is 4.58. The van der Waals surface area contributed by atoms with Crippen molar-refractivity contribution < 1.29 is 0 Å². The molecule has 0 spiro atoms. The van der Waals surface area contributed by atoms with Crippen LogP contribution in [-0.4, -0.2) is 0 Å². The van der Waals surface area contributed by atoms with Gasteiger partial charge in [-0.15, -0.1) is 0 Å². The first-order valence-corrected chi connectivity index (χ1v) is 7.80. The third-order valence-corrected chi connectivity index (χ3v) is 5.07. The van der Waals surface area contributed by atoms with Crippen LogP contribution in [0.3, 0.4) is 0 Å². The highest BCUT2D eigenvalue weighted by atomic mass is 79.9. The molecule has 0 aliphatic heterocycles. The number of rotatable bonds is 3. The van der Waals surface area contributed by atoms with Crippen LogP contribution in [0.1, 0.15) is 50.1 Å². The van der Waals surface area contributed by atoms with Crippen LogP contribution in [0.15, 0.2) is 22.7 Å². The van der Waals surface area contributed by atoms with Gasteiger partial charge in [0, 0.05) is 10.5 Å². The molecule has 2 rings (SSSR count). The number of halogens is 2. The van der Waals surface area contributed by atoms with Crippen molar-refractivity contribution in [2.24, 2.45) is 11.8 Å². The molecule has 0 heterocycles. The Morgan fingerprint density at radius 1 is 1.22 bits per heavy atom. The van der Waals surface area contributed by atoms with Crippen LogP contribution in [0.5, 0.6) is 0 Å². The molecule has 1 atom stereocenters. The van der Waals surface area contributed by atoms with Crippen molar-refractivity contribution in [2.75, 3.05) is 0 Å². The van der Waals surface area contributed by atoms with Gasteiger partial charge >= 0.3 is 0 Å². The van der Waals surface area contributed by atoms with Crippen molar-refractivity contribution in [1.29, 1.82) is 0 Å². The molecule has 0 amide bonds. The molecule has 0 aromatic heterocycles. The van der Waals surface area contributed by atoms with Crippen molar-refractivity contribution in [2.45, 2.75) is 44.6 Å². The topological polar surface area (TPSA) is 38.0 Å². The van der Waals surface area contributed by atoms with Gasteiger partial charge in [-0.05, 0) is 52.4 Å². The largest absolute Gasteiger partial charge is 0.271 e. The highest BCUT2D eigenvalue weighted by Gasteiger charge is 2.23. The first-order chi connectivity index (χ1) is 8.72. The van der Waals surface area contributed by atoms with Crippen LogP contribution in [0.4, 0.5) is 0 Å². The van der Waals surface area contributed by atoms with E-state index in [2.05, 4.69) is 33.5 Å². The molecule has 1 aromatic rings. The minimum atomic E-state index is 0.233. The molecule has 18 heavy (non-hydrogen) atoms. The van der Waals surface area contributed by atoms with Gasteiger partial charge < -0.3 is 0 Å². The summed E-state index contributed by atoms with van der Waals surface area (Å²) in [5.74, 6) is 6.41. The van der Waals surface area contributed by atoms with E-state index in [0.29, 0.717) is 5.92 Å². The summed E-state index contributed by atoms with van der Waals surface area (Å²) in [5, 5.41) is 0.746. The summed E-state index contributed by atoms with van der Waals surface area (Å²) in [4.78, 5) is 0. The number of hydrogen-bond acceptors (Lipinski definition) is 2. The van der Waals surface area contributed by atoms with Crippen LogP contribution in [0.2, 0.25) is 5.02 Å². The highest BCUT2D eigenvalue weighted by molar-refractivity contribution is 9.10.